The second-order valence-electron chi connectivity index (χ2n) is 6.15. The number of nitrogens with one attached hydrogen (secondary N) is 1. The highest BCUT2D eigenvalue weighted by Crippen LogP contribution is 2.29. The Labute approximate surface area is 132 Å². The normalized spacial score (nSPS) is 27.5. The van der Waals surface area contributed by atoms with Crippen LogP contribution < -0.4 is 5.32 Å². The highest BCUT2D eigenvalue weighted by atomic mass is 35.5. The third kappa shape index (κ3) is 3.59. The lowest BCUT2D eigenvalue weighted by Crippen LogP contribution is -2.50. The molecule has 2 fully saturated rings. The first-order valence-electron chi connectivity index (χ1n) is 8.12. The molecule has 1 aromatic rings. The van der Waals surface area contributed by atoms with Gasteiger partial charge in [0.1, 0.15) is 0 Å². The molecule has 116 valence electrons. The van der Waals surface area contributed by atoms with E-state index in [4.69, 9.17) is 16.3 Å². The zero-order valence-electron chi connectivity index (χ0n) is 12.7. The largest absolute Gasteiger partial charge is 0.373 e. The Hall–Kier alpha value is -0.610. The molecule has 1 N–H and O–H groups in total. The molecular formula is C17H25ClN2O. The van der Waals surface area contributed by atoms with E-state index in [-0.39, 0.29) is 12.1 Å². The van der Waals surface area contributed by atoms with E-state index in [0.29, 0.717) is 6.04 Å². The molecule has 1 aromatic carbocycles. The van der Waals surface area contributed by atoms with E-state index in [1.165, 1.54) is 24.9 Å². The van der Waals surface area contributed by atoms with Crippen LogP contribution in [0.4, 0.5) is 0 Å². The van der Waals surface area contributed by atoms with Gasteiger partial charge in [-0.15, -0.1) is 0 Å². The predicted molar refractivity (Wildman–Crippen MR) is 86.8 cm³/mol. The molecule has 0 bridgehead atoms. The van der Waals surface area contributed by atoms with Gasteiger partial charge in [-0.05, 0) is 50.0 Å². The van der Waals surface area contributed by atoms with Crippen LogP contribution in [0.2, 0.25) is 5.02 Å². The Bertz CT molecular complexity index is 451. The van der Waals surface area contributed by atoms with Crippen LogP contribution in [0, 0.1) is 0 Å². The van der Waals surface area contributed by atoms with Gasteiger partial charge in [0.25, 0.3) is 0 Å². The fourth-order valence-corrected chi connectivity index (χ4v) is 3.60. The summed E-state index contributed by atoms with van der Waals surface area (Å²) in [4.78, 5) is 2.60. The number of hydrogen-bond donors (Lipinski definition) is 1. The zero-order valence-corrected chi connectivity index (χ0v) is 13.5. The van der Waals surface area contributed by atoms with E-state index in [0.717, 1.165) is 31.1 Å². The van der Waals surface area contributed by atoms with E-state index in [2.05, 4.69) is 29.3 Å². The molecule has 0 spiro atoms. The molecule has 2 aliphatic heterocycles. The van der Waals surface area contributed by atoms with Crippen LogP contribution in [0.15, 0.2) is 24.3 Å². The van der Waals surface area contributed by atoms with Gasteiger partial charge in [0.15, 0.2) is 0 Å². The summed E-state index contributed by atoms with van der Waals surface area (Å²) >= 11 is 6.02. The van der Waals surface area contributed by atoms with E-state index < -0.39 is 0 Å². The third-order valence-electron chi connectivity index (χ3n) is 4.63. The first kappa shape index (κ1) is 15.3. The van der Waals surface area contributed by atoms with Crippen LogP contribution in [0.3, 0.4) is 0 Å². The number of fused-ring (bicyclic) bond motifs is 1. The maximum Gasteiger partial charge on any atom is 0.0897 e. The summed E-state index contributed by atoms with van der Waals surface area (Å²) in [6.07, 6.45) is 3.96. The lowest BCUT2D eigenvalue weighted by atomic mass is 9.99. The maximum absolute atomic E-state index is 6.20. The van der Waals surface area contributed by atoms with Gasteiger partial charge >= 0.3 is 0 Å². The molecule has 3 atom stereocenters. The van der Waals surface area contributed by atoms with E-state index in [1.807, 2.05) is 12.1 Å². The number of nitrogens with zero attached hydrogens (tertiary/aromatic N) is 1. The van der Waals surface area contributed by atoms with Crippen LogP contribution in [0.5, 0.6) is 0 Å². The molecule has 3 unspecified atom stereocenters. The SMILES string of the molecule is CCCNC(c1ccc(Cl)cc1)C1CN2CCCC2CO1. The van der Waals surface area contributed by atoms with Crippen molar-refractivity contribution in [3.63, 3.8) is 0 Å². The van der Waals surface area contributed by atoms with Gasteiger partial charge in [-0.1, -0.05) is 30.7 Å². The predicted octanol–water partition coefficient (Wildman–Crippen LogP) is 3.24. The zero-order chi connectivity index (χ0) is 14.7. The van der Waals surface area contributed by atoms with Gasteiger partial charge in [-0.25, -0.2) is 0 Å². The molecule has 0 radical (unpaired) electrons. The molecule has 0 amide bonds. The van der Waals surface area contributed by atoms with Crippen molar-refractivity contribution >= 4 is 11.6 Å². The van der Waals surface area contributed by atoms with E-state index in [9.17, 15) is 0 Å². The average molecular weight is 309 g/mol. The van der Waals surface area contributed by atoms with Gasteiger partial charge in [-0.2, -0.15) is 0 Å². The lowest BCUT2D eigenvalue weighted by Gasteiger charge is -2.39. The van der Waals surface area contributed by atoms with Gasteiger partial charge < -0.3 is 10.1 Å². The molecule has 0 saturated carbocycles. The topological polar surface area (TPSA) is 24.5 Å². The Morgan fingerprint density at radius 1 is 1.38 bits per heavy atom. The minimum Gasteiger partial charge on any atom is -0.373 e. The molecule has 4 heteroatoms. The quantitative estimate of drug-likeness (QED) is 0.904. The Balaban J connectivity index is 1.73. The highest BCUT2D eigenvalue weighted by molar-refractivity contribution is 6.30. The van der Waals surface area contributed by atoms with Gasteiger partial charge in [0.05, 0.1) is 18.8 Å². The van der Waals surface area contributed by atoms with Crippen molar-refractivity contribution in [2.75, 3.05) is 26.2 Å². The Morgan fingerprint density at radius 2 is 2.19 bits per heavy atom. The standard InChI is InChI=1S/C17H25ClN2O/c1-2-9-19-17(13-5-7-14(18)8-6-13)16-11-20-10-3-4-15(20)12-21-16/h5-8,15-17,19H,2-4,9-12H2,1H3. The number of rotatable bonds is 5. The fraction of sp³-hybridized carbons (Fsp3) is 0.647. The summed E-state index contributed by atoms with van der Waals surface area (Å²) in [6, 6.07) is 9.09. The molecule has 2 saturated heterocycles. The first-order chi connectivity index (χ1) is 10.3. The first-order valence-corrected chi connectivity index (χ1v) is 8.50. The molecule has 2 heterocycles. The molecule has 2 aliphatic rings. The van der Waals surface area contributed by atoms with Gasteiger partial charge in [-0.3, -0.25) is 4.90 Å². The smallest absolute Gasteiger partial charge is 0.0897 e. The van der Waals surface area contributed by atoms with Crippen LogP contribution >= 0.6 is 11.6 Å². The summed E-state index contributed by atoms with van der Waals surface area (Å²) in [5.74, 6) is 0. The van der Waals surface area contributed by atoms with Crippen molar-refractivity contribution in [2.45, 2.75) is 44.4 Å². The summed E-state index contributed by atoms with van der Waals surface area (Å²) in [7, 11) is 0. The molecule has 3 rings (SSSR count). The fourth-order valence-electron chi connectivity index (χ4n) is 3.48. The van der Waals surface area contributed by atoms with Crippen molar-refractivity contribution in [3.05, 3.63) is 34.9 Å². The summed E-state index contributed by atoms with van der Waals surface area (Å²) in [5, 5.41) is 4.45. The van der Waals surface area contributed by atoms with Crippen LogP contribution in [-0.2, 0) is 4.74 Å². The molecule has 3 nitrogen and oxygen atoms in total. The highest BCUT2D eigenvalue weighted by Gasteiger charge is 2.36. The van der Waals surface area contributed by atoms with E-state index >= 15 is 0 Å². The monoisotopic (exact) mass is 308 g/mol. The minimum absolute atomic E-state index is 0.229. The Kier molecular flexibility index (Phi) is 5.17. The molecule has 0 aromatic heterocycles. The van der Waals surface area contributed by atoms with Crippen molar-refractivity contribution < 1.29 is 4.74 Å². The summed E-state index contributed by atoms with van der Waals surface area (Å²) < 4.78 is 6.20. The molecule has 21 heavy (non-hydrogen) atoms. The van der Waals surface area contributed by atoms with Crippen molar-refractivity contribution in [1.82, 2.24) is 10.2 Å². The van der Waals surface area contributed by atoms with Crippen molar-refractivity contribution in [1.29, 1.82) is 0 Å². The maximum atomic E-state index is 6.20. The second-order valence-corrected chi connectivity index (χ2v) is 6.58. The third-order valence-corrected chi connectivity index (χ3v) is 4.88. The number of hydrogen-bond acceptors (Lipinski definition) is 3. The van der Waals surface area contributed by atoms with Crippen LogP contribution in [-0.4, -0.2) is 43.3 Å². The van der Waals surface area contributed by atoms with E-state index in [1.54, 1.807) is 0 Å². The second kappa shape index (κ2) is 7.10. The summed E-state index contributed by atoms with van der Waals surface area (Å²) in [6.45, 7) is 6.35. The van der Waals surface area contributed by atoms with Crippen LogP contribution in [0.25, 0.3) is 0 Å². The number of halogens is 1. The number of morpholine rings is 1. The van der Waals surface area contributed by atoms with Crippen LogP contribution in [0.1, 0.15) is 37.8 Å². The lowest BCUT2D eigenvalue weighted by molar-refractivity contribution is -0.0652. The van der Waals surface area contributed by atoms with Crippen molar-refractivity contribution in [3.8, 4) is 0 Å². The average Bonchev–Trinajstić information content (AvgIpc) is 2.97. The Morgan fingerprint density at radius 3 is 2.95 bits per heavy atom. The molecule has 0 aliphatic carbocycles. The van der Waals surface area contributed by atoms with Crippen molar-refractivity contribution in [2.24, 2.45) is 0 Å². The summed E-state index contributed by atoms with van der Waals surface area (Å²) in [5.41, 5.74) is 1.27. The van der Waals surface area contributed by atoms with Gasteiger partial charge in [0.2, 0.25) is 0 Å². The number of benzene rings is 1. The minimum atomic E-state index is 0.229. The number of ether oxygens (including phenoxy) is 1. The molecular weight excluding hydrogens is 284 g/mol. The van der Waals surface area contributed by atoms with Gasteiger partial charge in [0, 0.05) is 17.6 Å².